The fourth-order valence-corrected chi connectivity index (χ4v) is 4.13. The third-order valence-electron chi connectivity index (χ3n) is 4.91. The number of aromatic hydroxyl groups is 1. The van der Waals surface area contributed by atoms with Gasteiger partial charge in [-0.15, -0.1) is 11.8 Å². The Morgan fingerprint density at radius 3 is 2.24 bits per heavy atom. The zero-order chi connectivity index (χ0) is 20.8. The van der Waals surface area contributed by atoms with Crippen molar-refractivity contribution in [3.05, 3.63) is 54.1 Å². The van der Waals surface area contributed by atoms with Gasteiger partial charge in [-0.1, -0.05) is 0 Å². The van der Waals surface area contributed by atoms with Crippen molar-refractivity contribution in [3.8, 4) is 5.75 Å². The fourth-order valence-electron chi connectivity index (χ4n) is 3.33. The highest BCUT2D eigenvalue weighted by molar-refractivity contribution is 8.00. The monoisotopic (exact) mass is 412 g/mol. The Balaban J connectivity index is 1.45. The van der Waals surface area contributed by atoms with Crippen LogP contribution < -0.4 is 5.32 Å². The normalized spacial score (nSPS) is 14.4. The van der Waals surface area contributed by atoms with E-state index in [-0.39, 0.29) is 29.3 Å². The van der Waals surface area contributed by atoms with Crippen molar-refractivity contribution in [3.63, 3.8) is 0 Å². The molecule has 1 aliphatic heterocycles. The van der Waals surface area contributed by atoms with Crippen LogP contribution in [0.2, 0.25) is 0 Å². The molecule has 0 aromatic heterocycles. The molecule has 0 aliphatic carbocycles. The lowest BCUT2D eigenvalue weighted by Crippen LogP contribution is -2.41. The summed E-state index contributed by atoms with van der Waals surface area (Å²) in [7, 11) is 0. The van der Waals surface area contributed by atoms with Crippen molar-refractivity contribution in [1.82, 2.24) is 4.90 Å². The first-order valence-corrected chi connectivity index (χ1v) is 10.5. The Bertz CT molecular complexity index is 873. The second kappa shape index (κ2) is 9.60. The number of rotatable bonds is 6. The molecular formula is C22H24N2O4S. The van der Waals surface area contributed by atoms with E-state index >= 15 is 0 Å². The number of hydrogen-bond donors (Lipinski definition) is 2. The van der Waals surface area contributed by atoms with Crippen LogP contribution in [0.15, 0.2) is 53.4 Å². The summed E-state index contributed by atoms with van der Waals surface area (Å²) in [6, 6.07) is 13.7. The van der Waals surface area contributed by atoms with Crippen molar-refractivity contribution in [2.24, 2.45) is 5.92 Å². The number of hydrogen-bond acceptors (Lipinski definition) is 5. The number of Topliss-reactive ketones (excluding diaryl/α,β-unsaturated/α-hetero) is 1. The predicted molar refractivity (Wildman–Crippen MR) is 113 cm³/mol. The first-order chi connectivity index (χ1) is 13.9. The standard InChI is InChI=1S/C22H24N2O4S/c1-15(25)23-18-4-8-20(9-5-18)29-14-21(27)24-12-10-17(11-13-24)22(28)16-2-6-19(26)7-3-16/h2-9,17,26H,10-14H2,1H3,(H,23,25). The van der Waals surface area contributed by atoms with Crippen molar-refractivity contribution in [2.75, 3.05) is 24.2 Å². The number of likely N-dealkylation sites (tertiary alicyclic amines) is 1. The maximum absolute atomic E-state index is 12.6. The van der Waals surface area contributed by atoms with Gasteiger partial charge in [0.05, 0.1) is 5.75 Å². The summed E-state index contributed by atoms with van der Waals surface area (Å²) >= 11 is 1.46. The molecule has 1 saturated heterocycles. The van der Waals surface area contributed by atoms with E-state index in [0.717, 1.165) is 10.6 Å². The number of amides is 2. The van der Waals surface area contributed by atoms with Gasteiger partial charge in [0.2, 0.25) is 11.8 Å². The summed E-state index contributed by atoms with van der Waals surface area (Å²) in [6.45, 7) is 2.62. The Kier molecular flexibility index (Phi) is 6.93. The summed E-state index contributed by atoms with van der Waals surface area (Å²) < 4.78 is 0. The predicted octanol–water partition coefficient (Wildman–Crippen LogP) is 3.56. The molecule has 0 saturated carbocycles. The smallest absolute Gasteiger partial charge is 0.232 e. The molecule has 1 heterocycles. The van der Waals surface area contributed by atoms with Crippen LogP contribution in [0.5, 0.6) is 5.75 Å². The SMILES string of the molecule is CC(=O)Nc1ccc(SCC(=O)N2CCC(C(=O)c3ccc(O)cc3)CC2)cc1. The van der Waals surface area contributed by atoms with Crippen molar-refractivity contribution >= 4 is 35.0 Å². The van der Waals surface area contributed by atoms with Gasteiger partial charge in [-0.3, -0.25) is 14.4 Å². The fraction of sp³-hybridized carbons (Fsp3) is 0.318. The van der Waals surface area contributed by atoms with E-state index in [1.54, 1.807) is 12.1 Å². The Morgan fingerprint density at radius 1 is 1.03 bits per heavy atom. The summed E-state index contributed by atoms with van der Waals surface area (Å²) in [5.41, 5.74) is 1.33. The molecule has 3 rings (SSSR count). The van der Waals surface area contributed by atoms with Crippen molar-refractivity contribution in [1.29, 1.82) is 0 Å². The molecule has 0 unspecified atom stereocenters. The van der Waals surface area contributed by atoms with E-state index in [0.29, 0.717) is 37.2 Å². The highest BCUT2D eigenvalue weighted by atomic mass is 32.2. The molecule has 29 heavy (non-hydrogen) atoms. The molecule has 1 fully saturated rings. The largest absolute Gasteiger partial charge is 0.508 e. The highest BCUT2D eigenvalue weighted by Gasteiger charge is 2.27. The van der Waals surface area contributed by atoms with Crippen LogP contribution in [0.4, 0.5) is 5.69 Å². The maximum Gasteiger partial charge on any atom is 0.232 e. The zero-order valence-corrected chi connectivity index (χ0v) is 17.1. The van der Waals surface area contributed by atoms with Gasteiger partial charge in [0.25, 0.3) is 0 Å². The minimum Gasteiger partial charge on any atom is -0.508 e. The number of carbonyl (C=O) groups excluding carboxylic acids is 3. The lowest BCUT2D eigenvalue weighted by Gasteiger charge is -2.31. The van der Waals surface area contributed by atoms with E-state index in [1.807, 2.05) is 29.2 Å². The van der Waals surface area contributed by atoms with Crippen molar-refractivity contribution < 1.29 is 19.5 Å². The molecule has 0 bridgehead atoms. The van der Waals surface area contributed by atoms with Crippen LogP contribution in [0.1, 0.15) is 30.1 Å². The molecule has 0 radical (unpaired) electrons. The molecule has 2 aromatic carbocycles. The first-order valence-electron chi connectivity index (χ1n) is 9.54. The Labute approximate surface area is 174 Å². The summed E-state index contributed by atoms with van der Waals surface area (Å²) in [6.07, 6.45) is 1.31. The molecule has 2 amide bonds. The van der Waals surface area contributed by atoms with E-state index < -0.39 is 0 Å². The molecule has 6 nitrogen and oxygen atoms in total. The summed E-state index contributed by atoms with van der Waals surface area (Å²) in [5, 5.41) is 12.1. The molecular weight excluding hydrogens is 388 g/mol. The third kappa shape index (κ3) is 5.84. The van der Waals surface area contributed by atoms with Gasteiger partial charge >= 0.3 is 0 Å². The number of nitrogens with zero attached hydrogens (tertiary/aromatic N) is 1. The molecule has 2 N–H and O–H groups in total. The number of thioether (sulfide) groups is 1. The molecule has 0 spiro atoms. The number of benzene rings is 2. The number of nitrogens with one attached hydrogen (secondary N) is 1. The number of carbonyl (C=O) groups is 3. The second-order valence-corrected chi connectivity index (χ2v) is 8.11. The summed E-state index contributed by atoms with van der Waals surface area (Å²) in [4.78, 5) is 38.9. The van der Waals surface area contributed by atoms with Gasteiger partial charge in [0, 0.05) is 42.1 Å². The number of ketones is 1. The van der Waals surface area contributed by atoms with E-state index in [9.17, 15) is 19.5 Å². The van der Waals surface area contributed by atoms with Crippen LogP contribution in [0, 0.1) is 5.92 Å². The van der Waals surface area contributed by atoms with Gasteiger partial charge < -0.3 is 15.3 Å². The lowest BCUT2D eigenvalue weighted by molar-refractivity contribution is -0.129. The highest BCUT2D eigenvalue weighted by Crippen LogP contribution is 2.25. The van der Waals surface area contributed by atoms with Crippen molar-refractivity contribution in [2.45, 2.75) is 24.7 Å². The van der Waals surface area contributed by atoms with Crippen LogP contribution in [-0.4, -0.2) is 46.4 Å². The zero-order valence-electron chi connectivity index (χ0n) is 16.3. The number of anilines is 1. The van der Waals surface area contributed by atoms with Crippen LogP contribution in [0.25, 0.3) is 0 Å². The average molecular weight is 413 g/mol. The van der Waals surface area contributed by atoms with E-state index in [2.05, 4.69) is 5.32 Å². The third-order valence-corrected chi connectivity index (χ3v) is 5.90. The number of phenols is 1. The maximum atomic E-state index is 12.6. The van der Waals surface area contributed by atoms with E-state index in [1.165, 1.54) is 30.8 Å². The van der Waals surface area contributed by atoms with Crippen LogP contribution >= 0.6 is 11.8 Å². The molecule has 7 heteroatoms. The minimum atomic E-state index is -0.118. The van der Waals surface area contributed by atoms with Gasteiger partial charge in [-0.2, -0.15) is 0 Å². The quantitative estimate of drug-likeness (QED) is 0.560. The summed E-state index contributed by atoms with van der Waals surface area (Å²) in [5.74, 6) is 0.424. The topological polar surface area (TPSA) is 86.7 Å². The molecule has 1 aliphatic rings. The molecule has 2 aromatic rings. The van der Waals surface area contributed by atoms with Gasteiger partial charge in [-0.25, -0.2) is 0 Å². The van der Waals surface area contributed by atoms with Crippen LogP contribution in [0.3, 0.4) is 0 Å². The molecule has 0 atom stereocenters. The number of piperidine rings is 1. The average Bonchev–Trinajstić information content (AvgIpc) is 2.73. The molecule has 152 valence electrons. The second-order valence-electron chi connectivity index (χ2n) is 7.06. The first kappa shape index (κ1) is 20.9. The Morgan fingerprint density at radius 2 is 1.66 bits per heavy atom. The number of phenolic OH excluding ortho intramolecular Hbond substituents is 1. The van der Waals surface area contributed by atoms with Gasteiger partial charge in [0.1, 0.15) is 5.75 Å². The van der Waals surface area contributed by atoms with E-state index in [4.69, 9.17) is 0 Å². The lowest BCUT2D eigenvalue weighted by atomic mass is 9.89. The Hall–Kier alpha value is -2.80. The van der Waals surface area contributed by atoms with Crippen LogP contribution in [-0.2, 0) is 9.59 Å². The van der Waals surface area contributed by atoms with Gasteiger partial charge in [0.15, 0.2) is 5.78 Å². The minimum absolute atomic E-state index is 0.0662. The van der Waals surface area contributed by atoms with Gasteiger partial charge in [-0.05, 0) is 61.4 Å².